The molecule has 1 heterocycles. The van der Waals surface area contributed by atoms with Crippen LogP contribution >= 0.6 is 24.0 Å². The molecule has 0 aliphatic carbocycles. The molecule has 0 fully saturated rings. The largest absolute Gasteiger partial charge is 0.321 e. The number of hydrogen-bond donors (Lipinski definition) is 1. The molecule has 0 saturated heterocycles. The number of anilines is 1. The maximum atomic E-state index is 12.6. The Labute approximate surface area is 146 Å². The fourth-order valence-corrected chi connectivity index (χ4v) is 2.80. The Bertz CT molecular complexity index is 878. The summed E-state index contributed by atoms with van der Waals surface area (Å²) in [6.45, 7) is 3.79. The summed E-state index contributed by atoms with van der Waals surface area (Å²) in [5, 5.41) is 4.36. The van der Waals surface area contributed by atoms with Gasteiger partial charge in [0.15, 0.2) is 0 Å². The molecule has 3 rings (SSSR count). The smallest absolute Gasteiger partial charge is 0.257 e. The fraction of sp³-hybridized carbons (Fsp3) is 0.111. The van der Waals surface area contributed by atoms with Crippen molar-refractivity contribution >= 4 is 46.5 Å². The molecule has 1 aromatic heterocycles. The van der Waals surface area contributed by atoms with Crippen molar-refractivity contribution in [3.8, 4) is 0 Å². The summed E-state index contributed by atoms with van der Waals surface area (Å²) < 4.78 is 0. The van der Waals surface area contributed by atoms with Crippen LogP contribution < -0.4 is 5.32 Å². The molecule has 0 radical (unpaired) electrons. The van der Waals surface area contributed by atoms with Crippen molar-refractivity contribution in [1.82, 2.24) is 4.98 Å². The van der Waals surface area contributed by atoms with Gasteiger partial charge in [0.2, 0.25) is 0 Å². The zero-order valence-corrected chi connectivity index (χ0v) is 14.3. The third-order valence-corrected chi connectivity index (χ3v) is 4.01. The highest BCUT2D eigenvalue weighted by Crippen LogP contribution is 2.25. The number of pyridine rings is 1. The Hall–Kier alpha value is -2.10. The maximum Gasteiger partial charge on any atom is 0.257 e. The molecular weight excluding hydrogens is 331 g/mol. The Kier molecular flexibility index (Phi) is 5.24. The van der Waals surface area contributed by atoms with Gasteiger partial charge >= 0.3 is 0 Å². The monoisotopic (exact) mass is 346 g/mol. The minimum absolute atomic E-state index is 0. The normalized spacial score (nSPS) is 10.2. The summed E-state index contributed by atoms with van der Waals surface area (Å²) >= 11 is 6.10. The number of nitrogens with zero attached hydrogens (tertiary/aromatic N) is 1. The molecule has 0 unspecified atom stereocenters. The average Bonchev–Trinajstić information content (AvgIpc) is 2.49. The van der Waals surface area contributed by atoms with Gasteiger partial charge in [0.1, 0.15) is 0 Å². The van der Waals surface area contributed by atoms with Crippen LogP contribution in [0.3, 0.4) is 0 Å². The van der Waals surface area contributed by atoms with E-state index in [1.807, 2.05) is 50.2 Å². The highest BCUT2D eigenvalue weighted by molar-refractivity contribution is 6.34. The number of fused-ring (bicyclic) bond motifs is 1. The van der Waals surface area contributed by atoms with E-state index in [4.69, 9.17) is 11.6 Å². The van der Waals surface area contributed by atoms with E-state index in [2.05, 4.69) is 10.3 Å². The van der Waals surface area contributed by atoms with Gasteiger partial charge in [0, 0.05) is 5.39 Å². The van der Waals surface area contributed by atoms with E-state index < -0.39 is 0 Å². The van der Waals surface area contributed by atoms with E-state index in [-0.39, 0.29) is 18.3 Å². The van der Waals surface area contributed by atoms with Crippen molar-refractivity contribution < 1.29 is 4.79 Å². The standard InChI is InChI=1S/C18H15ClN2O.ClH/c1-11-13-7-3-5-9-15(13)20-12(2)17(11)18(22)21-16-10-6-4-8-14(16)19;/h3-10H,1-2H3,(H,21,22);1H. The third-order valence-electron chi connectivity index (χ3n) is 3.68. The second-order valence-electron chi connectivity index (χ2n) is 5.15. The van der Waals surface area contributed by atoms with Gasteiger partial charge in [0.25, 0.3) is 5.91 Å². The van der Waals surface area contributed by atoms with Crippen LogP contribution in [0.4, 0.5) is 5.69 Å². The lowest BCUT2D eigenvalue weighted by molar-refractivity contribution is 0.102. The Morgan fingerprint density at radius 1 is 1.04 bits per heavy atom. The Morgan fingerprint density at radius 3 is 2.43 bits per heavy atom. The molecule has 0 spiro atoms. The number of rotatable bonds is 2. The van der Waals surface area contributed by atoms with Gasteiger partial charge in [-0.3, -0.25) is 9.78 Å². The molecule has 118 valence electrons. The molecular formula is C18H16Cl2N2O. The van der Waals surface area contributed by atoms with Crippen LogP contribution in [0, 0.1) is 13.8 Å². The first-order valence-corrected chi connectivity index (χ1v) is 7.37. The molecule has 23 heavy (non-hydrogen) atoms. The van der Waals surface area contributed by atoms with Gasteiger partial charge in [-0.1, -0.05) is 41.9 Å². The minimum Gasteiger partial charge on any atom is -0.321 e. The van der Waals surface area contributed by atoms with Crippen molar-refractivity contribution in [2.45, 2.75) is 13.8 Å². The average molecular weight is 347 g/mol. The lowest BCUT2D eigenvalue weighted by Gasteiger charge is -2.13. The highest BCUT2D eigenvalue weighted by atomic mass is 35.5. The predicted octanol–water partition coefficient (Wildman–Crippen LogP) is 5.18. The summed E-state index contributed by atoms with van der Waals surface area (Å²) in [7, 11) is 0. The van der Waals surface area contributed by atoms with Crippen LogP contribution in [0.25, 0.3) is 10.9 Å². The number of halogens is 2. The highest BCUT2D eigenvalue weighted by Gasteiger charge is 2.17. The molecule has 1 N–H and O–H groups in total. The zero-order chi connectivity index (χ0) is 15.7. The van der Waals surface area contributed by atoms with E-state index in [9.17, 15) is 4.79 Å². The number of para-hydroxylation sites is 2. The van der Waals surface area contributed by atoms with Gasteiger partial charge in [-0.2, -0.15) is 0 Å². The van der Waals surface area contributed by atoms with Crippen LogP contribution in [0.2, 0.25) is 5.02 Å². The molecule has 1 amide bonds. The van der Waals surface area contributed by atoms with Crippen molar-refractivity contribution in [2.24, 2.45) is 0 Å². The van der Waals surface area contributed by atoms with Crippen molar-refractivity contribution in [1.29, 1.82) is 0 Å². The van der Waals surface area contributed by atoms with E-state index in [1.165, 1.54) is 0 Å². The van der Waals surface area contributed by atoms with Crippen LogP contribution in [-0.2, 0) is 0 Å². The van der Waals surface area contributed by atoms with Crippen LogP contribution in [0.1, 0.15) is 21.6 Å². The first-order chi connectivity index (χ1) is 10.6. The Morgan fingerprint density at radius 2 is 1.70 bits per heavy atom. The quantitative estimate of drug-likeness (QED) is 0.694. The van der Waals surface area contributed by atoms with Crippen LogP contribution in [0.15, 0.2) is 48.5 Å². The molecule has 5 heteroatoms. The molecule has 3 aromatic rings. The molecule has 0 saturated carbocycles. The lowest BCUT2D eigenvalue weighted by Crippen LogP contribution is -2.16. The van der Waals surface area contributed by atoms with Gasteiger partial charge in [-0.15, -0.1) is 12.4 Å². The summed E-state index contributed by atoms with van der Waals surface area (Å²) in [4.78, 5) is 17.2. The van der Waals surface area contributed by atoms with Gasteiger partial charge in [-0.25, -0.2) is 0 Å². The van der Waals surface area contributed by atoms with Crippen LogP contribution in [0.5, 0.6) is 0 Å². The van der Waals surface area contributed by atoms with Crippen molar-refractivity contribution in [3.05, 3.63) is 70.4 Å². The van der Waals surface area contributed by atoms with Crippen LogP contribution in [-0.4, -0.2) is 10.9 Å². The number of aromatic nitrogens is 1. The molecule has 0 bridgehead atoms. The van der Waals surface area contributed by atoms with E-state index in [0.29, 0.717) is 22.0 Å². The van der Waals surface area contributed by atoms with Crippen molar-refractivity contribution in [3.63, 3.8) is 0 Å². The third kappa shape index (κ3) is 3.31. The van der Waals surface area contributed by atoms with E-state index >= 15 is 0 Å². The molecule has 2 aromatic carbocycles. The number of benzene rings is 2. The SMILES string of the molecule is Cc1nc2ccccc2c(C)c1C(=O)Nc1ccccc1Cl.Cl. The maximum absolute atomic E-state index is 12.6. The Balaban J connectivity index is 0.00000192. The van der Waals surface area contributed by atoms with Gasteiger partial charge < -0.3 is 5.32 Å². The summed E-state index contributed by atoms with van der Waals surface area (Å²) in [5.41, 5.74) is 3.72. The second kappa shape index (κ2) is 6.99. The summed E-state index contributed by atoms with van der Waals surface area (Å²) in [5.74, 6) is -0.193. The number of carbonyl (C=O) groups excluding carboxylic acids is 1. The predicted molar refractivity (Wildman–Crippen MR) is 97.9 cm³/mol. The van der Waals surface area contributed by atoms with Gasteiger partial charge in [-0.05, 0) is 37.6 Å². The first kappa shape index (κ1) is 17.3. The fourth-order valence-electron chi connectivity index (χ4n) is 2.61. The van der Waals surface area contributed by atoms with E-state index in [0.717, 1.165) is 16.5 Å². The summed E-state index contributed by atoms with van der Waals surface area (Å²) in [6, 6.07) is 15.0. The molecule has 0 atom stereocenters. The number of nitrogens with one attached hydrogen (secondary N) is 1. The number of aryl methyl sites for hydroxylation is 2. The molecule has 0 aliphatic heterocycles. The number of amides is 1. The number of carbonyl (C=O) groups is 1. The zero-order valence-electron chi connectivity index (χ0n) is 12.8. The lowest BCUT2D eigenvalue weighted by atomic mass is 10.0. The van der Waals surface area contributed by atoms with Gasteiger partial charge in [0.05, 0.1) is 27.5 Å². The number of hydrogen-bond acceptors (Lipinski definition) is 2. The topological polar surface area (TPSA) is 42.0 Å². The molecule has 3 nitrogen and oxygen atoms in total. The van der Waals surface area contributed by atoms with Crippen molar-refractivity contribution in [2.75, 3.05) is 5.32 Å². The molecule has 0 aliphatic rings. The first-order valence-electron chi connectivity index (χ1n) is 7.00. The van der Waals surface area contributed by atoms with E-state index in [1.54, 1.807) is 12.1 Å². The minimum atomic E-state index is -0.193. The second-order valence-corrected chi connectivity index (χ2v) is 5.56. The summed E-state index contributed by atoms with van der Waals surface area (Å²) in [6.07, 6.45) is 0.